The molecule has 4 atom stereocenters. The second kappa shape index (κ2) is 5.70. The maximum atomic E-state index is 10.7. The summed E-state index contributed by atoms with van der Waals surface area (Å²) >= 11 is 0. The van der Waals surface area contributed by atoms with E-state index in [-0.39, 0.29) is 5.60 Å². The molecule has 0 heterocycles. The van der Waals surface area contributed by atoms with Gasteiger partial charge in [-0.2, -0.15) is 0 Å². The van der Waals surface area contributed by atoms with Crippen molar-refractivity contribution in [2.24, 2.45) is 17.8 Å². The lowest BCUT2D eigenvalue weighted by Crippen LogP contribution is -2.43. The summed E-state index contributed by atoms with van der Waals surface area (Å²) in [5.41, 5.74) is -0.240. The van der Waals surface area contributed by atoms with Gasteiger partial charge < -0.3 is 4.74 Å². The van der Waals surface area contributed by atoms with E-state index in [1.165, 1.54) is 19.3 Å². The van der Waals surface area contributed by atoms with Gasteiger partial charge in [0.15, 0.2) is 0 Å². The maximum Gasteiger partial charge on any atom is 0.293 e. The average molecular weight is 226 g/mol. The third kappa shape index (κ3) is 2.99. The Morgan fingerprint density at radius 3 is 2.56 bits per heavy atom. The Bertz CT molecular complexity index is 227. The van der Waals surface area contributed by atoms with Crippen molar-refractivity contribution in [2.75, 3.05) is 0 Å². The lowest BCUT2D eigenvalue weighted by atomic mass is 9.67. The number of carbonyl (C=O) groups is 1. The number of rotatable bonds is 5. The van der Waals surface area contributed by atoms with E-state index in [1.807, 2.05) is 0 Å². The monoisotopic (exact) mass is 226 g/mol. The molecule has 2 heteroatoms. The molecule has 1 aliphatic carbocycles. The minimum Gasteiger partial charge on any atom is -0.461 e. The van der Waals surface area contributed by atoms with Crippen LogP contribution in [0.25, 0.3) is 0 Å². The van der Waals surface area contributed by atoms with E-state index in [2.05, 4.69) is 27.7 Å². The fourth-order valence-electron chi connectivity index (χ4n) is 3.51. The van der Waals surface area contributed by atoms with Crippen molar-refractivity contribution in [3.8, 4) is 0 Å². The molecule has 0 amide bonds. The maximum absolute atomic E-state index is 10.7. The zero-order valence-electron chi connectivity index (χ0n) is 11.2. The molecule has 0 aromatic carbocycles. The molecule has 0 N–H and O–H groups in total. The van der Waals surface area contributed by atoms with Gasteiger partial charge in [-0.15, -0.1) is 0 Å². The Morgan fingerprint density at radius 1 is 1.38 bits per heavy atom. The first-order valence-electron chi connectivity index (χ1n) is 6.65. The lowest BCUT2D eigenvalue weighted by Gasteiger charge is -2.43. The van der Waals surface area contributed by atoms with Crippen molar-refractivity contribution in [2.45, 2.75) is 65.4 Å². The molecule has 0 radical (unpaired) electrons. The van der Waals surface area contributed by atoms with Crippen molar-refractivity contribution >= 4 is 6.47 Å². The van der Waals surface area contributed by atoms with Crippen LogP contribution in [0.4, 0.5) is 0 Å². The standard InChI is InChI=1S/C14H26O2/c1-5-8-14(4,16-10-15)13-7-6-11(2)9-12(13)3/h10-13H,5-9H2,1-4H3. The highest BCUT2D eigenvalue weighted by Crippen LogP contribution is 2.42. The van der Waals surface area contributed by atoms with Gasteiger partial charge in [0.05, 0.1) is 0 Å². The second-order valence-corrected chi connectivity index (χ2v) is 5.78. The van der Waals surface area contributed by atoms with Gasteiger partial charge in [-0.25, -0.2) is 0 Å². The van der Waals surface area contributed by atoms with Crippen molar-refractivity contribution in [1.29, 1.82) is 0 Å². The third-order valence-corrected chi connectivity index (χ3v) is 4.28. The quantitative estimate of drug-likeness (QED) is 0.667. The van der Waals surface area contributed by atoms with Crippen LogP contribution >= 0.6 is 0 Å². The fourth-order valence-corrected chi connectivity index (χ4v) is 3.51. The van der Waals surface area contributed by atoms with Gasteiger partial charge in [-0.05, 0) is 38.0 Å². The van der Waals surface area contributed by atoms with Crippen molar-refractivity contribution in [3.63, 3.8) is 0 Å². The summed E-state index contributed by atoms with van der Waals surface area (Å²) in [5.74, 6) is 2.03. The molecule has 0 aliphatic heterocycles. The summed E-state index contributed by atoms with van der Waals surface area (Å²) < 4.78 is 5.43. The molecule has 0 aromatic heterocycles. The lowest BCUT2D eigenvalue weighted by molar-refractivity contribution is -0.153. The van der Waals surface area contributed by atoms with Crippen LogP contribution in [0.2, 0.25) is 0 Å². The average Bonchev–Trinajstić information content (AvgIpc) is 2.17. The van der Waals surface area contributed by atoms with E-state index < -0.39 is 0 Å². The topological polar surface area (TPSA) is 26.3 Å². The summed E-state index contributed by atoms with van der Waals surface area (Å²) in [5, 5.41) is 0. The molecular weight excluding hydrogens is 200 g/mol. The normalized spacial score (nSPS) is 34.1. The summed E-state index contributed by atoms with van der Waals surface area (Å²) in [6.45, 7) is 9.54. The largest absolute Gasteiger partial charge is 0.461 e. The summed E-state index contributed by atoms with van der Waals surface area (Å²) in [4.78, 5) is 10.7. The predicted octanol–water partition coefficient (Wildman–Crippen LogP) is 3.79. The van der Waals surface area contributed by atoms with Gasteiger partial charge in [0, 0.05) is 5.92 Å². The molecule has 0 bridgehead atoms. The van der Waals surface area contributed by atoms with Crippen LogP contribution in [0.15, 0.2) is 0 Å². The van der Waals surface area contributed by atoms with Crippen molar-refractivity contribution in [3.05, 3.63) is 0 Å². The number of ether oxygens (including phenoxy) is 1. The highest BCUT2D eigenvalue weighted by atomic mass is 16.5. The molecule has 16 heavy (non-hydrogen) atoms. The van der Waals surface area contributed by atoms with Crippen LogP contribution in [-0.4, -0.2) is 12.1 Å². The van der Waals surface area contributed by atoms with Crippen LogP contribution in [0, 0.1) is 17.8 Å². The van der Waals surface area contributed by atoms with Gasteiger partial charge in [0.1, 0.15) is 5.60 Å². The SMILES string of the molecule is CCCC(C)(OC=O)C1CCC(C)CC1C. The first kappa shape index (κ1) is 13.5. The first-order valence-corrected chi connectivity index (χ1v) is 6.65. The molecule has 1 aliphatic rings. The van der Waals surface area contributed by atoms with Gasteiger partial charge >= 0.3 is 0 Å². The molecule has 1 rings (SSSR count). The molecular formula is C14H26O2. The smallest absolute Gasteiger partial charge is 0.293 e. The zero-order valence-corrected chi connectivity index (χ0v) is 11.2. The van der Waals surface area contributed by atoms with E-state index >= 15 is 0 Å². The van der Waals surface area contributed by atoms with Crippen LogP contribution in [-0.2, 0) is 9.53 Å². The van der Waals surface area contributed by atoms with Gasteiger partial charge in [-0.1, -0.05) is 33.6 Å². The predicted molar refractivity (Wildman–Crippen MR) is 66.1 cm³/mol. The Balaban J connectivity index is 2.73. The van der Waals surface area contributed by atoms with Crippen molar-refractivity contribution < 1.29 is 9.53 Å². The molecule has 4 unspecified atom stereocenters. The van der Waals surface area contributed by atoms with Crippen LogP contribution in [0.5, 0.6) is 0 Å². The van der Waals surface area contributed by atoms with Gasteiger partial charge in [0.25, 0.3) is 6.47 Å². The molecule has 2 nitrogen and oxygen atoms in total. The summed E-state index contributed by atoms with van der Waals surface area (Å²) in [6, 6.07) is 0. The van der Waals surface area contributed by atoms with Crippen LogP contribution in [0.1, 0.15) is 59.8 Å². The van der Waals surface area contributed by atoms with E-state index in [1.54, 1.807) is 0 Å². The van der Waals surface area contributed by atoms with Crippen LogP contribution < -0.4 is 0 Å². The van der Waals surface area contributed by atoms with E-state index in [9.17, 15) is 4.79 Å². The van der Waals surface area contributed by atoms with E-state index in [0.717, 1.165) is 18.8 Å². The Labute approximate surface area is 99.8 Å². The molecule has 1 fully saturated rings. The van der Waals surface area contributed by atoms with Crippen LogP contribution in [0.3, 0.4) is 0 Å². The van der Waals surface area contributed by atoms with Crippen molar-refractivity contribution in [1.82, 2.24) is 0 Å². The first-order chi connectivity index (χ1) is 7.53. The summed E-state index contributed by atoms with van der Waals surface area (Å²) in [6.07, 6.45) is 5.80. The van der Waals surface area contributed by atoms with E-state index in [0.29, 0.717) is 18.3 Å². The Kier molecular flexibility index (Phi) is 4.82. The minimum atomic E-state index is -0.240. The third-order valence-electron chi connectivity index (χ3n) is 4.28. The molecule has 0 saturated heterocycles. The molecule has 1 saturated carbocycles. The molecule has 0 aromatic rings. The highest BCUT2D eigenvalue weighted by Gasteiger charge is 2.40. The Hall–Kier alpha value is -0.530. The Morgan fingerprint density at radius 2 is 2.06 bits per heavy atom. The van der Waals surface area contributed by atoms with Gasteiger partial charge in [0.2, 0.25) is 0 Å². The number of hydrogen-bond donors (Lipinski definition) is 0. The second-order valence-electron chi connectivity index (χ2n) is 5.78. The van der Waals surface area contributed by atoms with E-state index in [4.69, 9.17) is 4.74 Å². The van der Waals surface area contributed by atoms with Gasteiger partial charge in [-0.3, -0.25) is 4.79 Å². The zero-order chi connectivity index (χ0) is 12.2. The number of carbonyl (C=O) groups excluding carboxylic acids is 1. The minimum absolute atomic E-state index is 0.240. The highest BCUT2D eigenvalue weighted by molar-refractivity contribution is 5.38. The molecule has 0 spiro atoms. The fraction of sp³-hybridized carbons (Fsp3) is 0.929. The number of hydrogen-bond acceptors (Lipinski definition) is 2. The summed E-state index contributed by atoms with van der Waals surface area (Å²) in [7, 11) is 0. The molecule has 94 valence electrons.